The Morgan fingerprint density at radius 2 is 2.00 bits per heavy atom. The zero-order chi connectivity index (χ0) is 18.8. The first-order chi connectivity index (χ1) is 13.2. The van der Waals surface area contributed by atoms with Gasteiger partial charge in [-0.15, -0.1) is 0 Å². The van der Waals surface area contributed by atoms with Crippen molar-refractivity contribution < 1.29 is 0 Å². The first kappa shape index (κ1) is 16.7. The Kier molecular flexibility index (Phi) is 4.27. The zero-order valence-electron chi connectivity index (χ0n) is 15.1. The van der Waals surface area contributed by atoms with Gasteiger partial charge in [0.2, 0.25) is 0 Å². The maximum atomic E-state index is 9.72. The summed E-state index contributed by atoms with van der Waals surface area (Å²) in [4.78, 5) is 8.70. The van der Waals surface area contributed by atoms with Crippen molar-refractivity contribution in [3.63, 3.8) is 0 Å². The van der Waals surface area contributed by atoms with Gasteiger partial charge in [0.05, 0.1) is 22.8 Å². The van der Waals surface area contributed by atoms with Crippen molar-refractivity contribution >= 4 is 28.7 Å². The van der Waals surface area contributed by atoms with Crippen LogP contribution in [0.15, 0.2) is 53.9 Å². The Hall–Kier alpha value is -3.72. The van der Waals surface area contributed by atoms with Crippen LogP contribution < -0.4 is 5.43 Å². The van der Waals surface area contributed by atoms with E-state index in [2.05, 4.69) is 33.5 Å². The molecule has 27 heavy (non-hydrogen) atoms. The van der Waals surface area contributed by atoms with Crippen molar-refractivity contribution in [2.75, 3.05) is 5.43 Å². The van der Waals surface area contributed by atoms with Crippen LogP contribution in [0.3, 0.4) is 0 Å². The van der Waals surface area contributed by atoms with Crippen molar-refractivity contribution in [2.24, 2.45) is 5.10 Å². The van der Waals surface area contributed by atoms with E-state index >= 15 is 0 Å². The number of hydrogen-bond acceptors (Lipinski definition) is 5. The Morgan fingerprint density at radius 3 is 2.74 bits per heavy atom. The minimum atomic E-state index is 0.603. The number of nitriles is 1. The Balaban J connectivity index is 1.95. The summed E-state index contributed by atoms with van der Waals surface area (Å²) < 4.78 is 1.99. The monoisotopic (exact) mass is 354 g/mol. The first-order valence-corrected chi connectivity index (χ1v) is 8.76. The summed E-state index contributed by atoms with van der Waals surface area (Å²) in [6.07, 6.45) is 5.98. The highest BCUT2D eigenvalue weighted by Crippen LogP contribution is 2.31. The molecule has 0 aliphatic carbocycles. The number of para-hydroxylation sites is 2. The number of anilines is 1. The molecule has 0 aliphatic rings. The van der Waals surface area contributed by atoms with E-state index in [4.69, 9.17) is 0 Å². The molecule has 1 N–H and O–H groups in total. The second-order valence-corrected chi connectivity index (χ2v) is 6.20. The van der Waals surface area contributed by atoms with Crippen LogP contribution in [0.5, 0.6) is 0 Å². The standard InChI is InChI=1S/C21H18N6/c1-3-16-14(2)17(12-22)20-25-18-6-4-5-7-19(18)27(20)21(16)26-24-13-15-8-10-23-11-9-15/h4-11,13,26H,3H2,1-2H3/b24-13-. The van der Waals surface area contributed by atoms with Crippen molar-refractivity contribution in [3.8, 4) is 6.07 Å². The van der Waals surface area contributed by atoms with Crippen molar-refractivity contribution in [1.29, 1.82) is 5.26 Å². The lowest BCUT2D eigenvalue weighted by Crippen LogP contribution is -2.07. The minimum Gasteiger partial charge on any atom is -0.276 e. The lowest BCUT2D eigenvalue weighted by molar-refractivity contribution is 1.04. The van der Waals surface area contributed by atoms with Gasteiger partial charge in [0.15, 0.2) is 5.65 Å². The Labute approximate surface area is 156 Å². The number of hydrazone groups is 1. The summed E-state index contributed by atoms with van der Waals surface area (Å²) in [5.74, 6) is 0.836. The predicted octanol–water partition coefficient (Wildman–Crippen LogP) is 4.07. The van der Waals surface area contributed by atoms with E-state index in [1.165, 1.54) is 0 Å². The van der Waals surface area contributed by atoms with Crippen LogP contribution in [0, 0.1) is 18.3 Å². The molecule has 0 unspecified atom stereocenters. The average molecular weight is 354 g/mol. The Morgan fingerprint density at radius 1 is 1.22 bits per heavy atom. The van der Waals surface area contributed by atoms with E-state index in [9.17, 15) is 5.26 Å². The molecule has 0 bridgehead atoms. The number of hydrogen-bond donors (Lipinski definition) is 1. The van der Waals surface area contributed by atoms with E-state index in [0.29, 0.717) is 11.2 Å². The number of nitrogens with zero attached hydrogens (tertiary/aromatic N) is 5. The largest absolute Gasteiger partial charge is 0.276 e. The molecule has 0 spiro atoms. The molecule has 0 atom stereocenters. The van der Waals surface area contributed by atoms with Crippen molar-refractivity contribution in [1.82, 2.24) is 14.4 Å². The van der Waals surface area contributed by atoms with Crippen molar-refractivity contribution in [3.05, 3.63) is 71.0 Å². The lowest BCUT2D eigenvalue weighted by Gasteiger charge is -2.15. The molecule has 6 heteroatoms. The number of benzene rings is 1. The second-order valence-electron chi connectivity index (χ2n) is 6.20. The highest BCUT2D eigenvalue weighted by atomic mass is 15.3. The van der Waals surface area contributed by atoms with Crippen LogP contribution in [0.2, 0.25) is 0 Å². The topological polar surface area (TPSA) is 78.4 Å². The molecule has 6 nitrogen and oxygen atoms in total. The summed E-state index contributed by atoms with van der Waals surface area (Å²) >= 11 is 0. The molecule has 0 fully saturated rings. The van der Waals surface area contributed by atoms with Crippen LogP contribution >= 0.6 is 0 Å². The van der Waals surface area contributed by atoms with E-state index in [0.717, 1.165) is 40.0 Å². The molecule has 0 radical (unpaired) electrons. The first-order valence-electron chi connectivity index (χ1n) is 8.76. The third-order valence-electron chi connectivity index (χ3n) is 4.68. The molecule has 0 saturated heterocycles. The maximum Gasteiger partial charge on any atom is 0.157 e. The summed E-state index contributed by atoms with van der Waals surface area (Å²) in [5, 5.41) is 14.1. The SMILES string of the molecule is CCc1c(C)c(C#N)c2nc3ccccc3n2c1N/N=C\c1ccncc1. The number of fused-ring (bicyclic) bond motifs is 3. The molecule has 4 aromatic rings. The molecule has 4 rings (SSSR count). The Bertz CT molecular complexity index is 1200. The molecule has 3 aromatic heterocycles. The van der Waals surface area contributed by atoms with Gasteiger partial charge in [-0.05, 0) is 54.3 Å². The minimum absolute atomic E-state index is 0.603. The zero-order valence-corrected chi connectivity index (χ0v) is 15.1. The van der Waals surface area contributed by atoms with Crippen LogP contribution in [0.1, 0.15) is 29.2 Å². The average Bonchev–Trinajstić information content (AvgIpc) is 3.08. The molecular weight excluding hydrogens is 336 g/mol. The fourth-order valence-electron chi connectivity index (χ4n) is 3.35. The molecule has 1 aromatic carbocycles. The molecular formula is C21H18N6. The normalized spacial score (nSPS) is 11.3. The molecule has 132 valence electrons. The number of nitrogens with one attached hydrogen (secondary N) is 1. The van der Waals surface area contributed by atoms with Gasteiger partial charge in [-0.1, -0.05) is 19.1 Å². The maximum absolute atomic E-state index is 9.72. The van der Waals surface area contributed by atoms with Crippen LogP contribution in [0.4, 0.5) is 5.82 Å². The van der Waals surface area contributed by atoms with E-state index < -0.39 is 0 Å². The van der Waals surface area contributed by atoms with Crippen LogP contribution in [-0.4, -0.2) is 20.6 Å². The van der Waals surface area contributed by atoms with Gasteiger partial charge in [-0.3, -0.25) is 14.8 Å². The van der Waals surface area contributed by atoms with Gasteiger partial charge in [0.25, 0.3) is 0 Å². The van der Waals surface area contributed by atoms with Gasteiger partial charge >= 0.3 is 0 Å². The van der Waals surface area contributed by atoms with Gasteiger partial charge in [0, 0.05) is 12.4 Å². The highest BCUT2D eigenvalue weighted by molar-refractivity contribution is 5.86. The number of pyridine rings is 2. The predicted molar refractivity (Wildman–Crippen MR) is 107 cm³/mol. The van der Waals surface area contributed by atoms with Gasteiger partial charge in [-0.25, -0.2) is 4.98 Å². The van der Waals surface area contributed by atoms with E-state index in [1.807, 2.05) is 47.7 Å². The fraction of sp³-hybridized carbons (Fsp3) is 0.143. The number of rotatable bonds is 4. The second kappa shape index (κ2) is 6.89. The molecule has 3 heterocycles. The fourth-order valence-corrected chi connectivity index (χ4v) is 3.35. The van der Waals surface area contributed by atoms with Crippen LogP contribution in [-0.2, 0) is 6.42 Å². The van der Waals surface area contributed by atoms with E-state index in [1.54, 1.807) is 18.6 Å². The van der Waals surface area contributed by atoms with Gasteiger partial charge in [-0.2, -0.15) is 10.4 Å². The number of imidazole rings is 1. The van der Waals surface area contributed by atoms with Gasteiger partial charge < -0.3 is 0 Å². The summed E-state index contributed by atoms with van der Waals surface area (Å²) in [7, 11) is 0. The molecule has 0 saturated carbocycles. The summed E-state index contributed by atoms with van der Waals surface area (Å²) in [6.45, 7) is 4.04. The van der Waals surface area contributed by atoms with Crippen molar-refractivity contribution in [2.45, 2.75) is 20.3 Å². The lowest BCUT2D eigenvalue weighted by atomic mass is 10.0. The van der Waals surface area contributed by atoms with Gasteiger partial charge in [0.1, 0.15) is 11.9 Å². The van der Waals surface area contributed by atoms with Crippen LogP contribution in [0.25, 0.3) is 16.7 Å². The summed E-state index contributed by atoms with van der Waals surface area (Å²) in [6, 6.07) is 14.0. The van der Waals surface area contributed by atoms with E-state index in [-0.39, 0.29) is 0 Å². The highest BCUT2D eigenvalue weighted by Gasteiger charge is 2.19. The molecule has 0 amide bonds. The molecule has 0 aliphatic heterocycles. The smallest absolute Gasteiger partial charge is 0.157 e. The quantitative estimate of drug-likeness (QED) is 0.442. The number of aromatic nitrogens is 3. The third-order valence-corrected chi connectivity index (χ3v) is 4.68. The third kappa shape index (κ3) is 2.79. The summed E-state index contributed by atoms with van der Waals surface area (Å²) in [5.41, 5.74) is 9.17.